The molecule has 0 saturated carbocycles. The lowest BCUT2D eigenvalue weighted by atomic mass is 9.93. The summed E-state index contributed by atoms with van der Waals surface area (Å²) < 4.78 is 17.1. The molecule has 0 spiro atoms. The Hall–Kier alpha value is -1.39. The minimum Gasteiger partial charge on any atom is -0.481 e. The number of benzene rings is 1. The minimum absolute atomic E-state index is 0.0814. The van der Waals surface area contributed by atoms with E-state index in [9.17, 15) is 4.79 Å². The fourth-order valence-corrected chi connectivity index (χ4v) is 2.85. The van der Waals surface area contributed by atoms with E-state index >= 15 is 0 Å². The minimum atomic E-state index is -0.596. The molecule has 108 valence electrons. The van der Waals surface area contributed by atoms with Gasteiger partial charge in [0, 0.05) is 19.1 Å². The second-order valence-electron chi connectivity index (χ2n) is 6.03. The van der Waals surface area contributed by atoms with Crippen molar-refractivity contribution in [3.05, 3.63) is 28.8 Å². The lowest BCUT2D eigenvalue weighted by molar-refractivity contribution is -0.223. The van der Waals surface area contributed by atoms with E-state index in [0.29, 0.717) is 24.3 Å². The number of ether oxygens (including phenoxy) is 3. The summed E-state index contributed by atoms with van der Waals surface area (Å²) in [4.78, 5) is 12.3. The van der Waals surface area contributed by atoms with Gasteiger partial charge in [0.25, 0.3) is 0 Å². The maximum Gasteiger partial charge on any atom is 0.207 e. The van der Waals surface area contributed by atoms with Crippen molar-refractivity contribution >= 4 is 5.78 Å². The molecule has 0 N–H and O–H groups in total. The predicted molar refractivity (Wildman–Crippen MR) is 73.9 cm³/mol. The Morgan fingerprint density at radius 3 is 2.80 bits per heavy atom. The third-order valence-electron chi connectivity index (χ3n) is 4.20. The lowest BCUT2D eigenvalue weighted by Gasteiger charge is -2.34. The summed E-state index contributed by atoms with van der Waals surface area (Å²) >= 11 is 0. The van der Waals surface area contributed by atoms with Crippen molar-refractivity contribution in [1.82, 2.24) is 0 Å². The first kappa shape index (κ1) is 13.6. The molecule has 0 saturated heterocycles. The van der Waals surface area contributed by atoms with Crippen molar-refractivity contribution in [3.8, 4) is 5.75 Å². The number of rotatable bonds is 2. The molecular formula is C16H20O4. The van der Waals surface area contributed by atoms with Gasteiger partial charge in [0.2, 0.25) is 5.78 Å². The molecule has 0 aliphatic carbocycles. The average molecular weight is 276 g/mol. The Morgan fingerprint density at radius 1 is 1.40 bits per heavy atom. The van der Waals surface area contributed by atoms with Crippen LogP contribution in [0, 0.1) is 5.92 Å². The molecule has 1 unspecified atom stereocenters. The molecule has 1 aromatic carbocycles. The molecule has 2 heterocycles. The number of hydrogen-bond donors (Lipinski definition) is 0. The van der Waals surface area contributed by atoms with Crippen molar-refractivity contribution in [2.24, 2.45) is 5.92 Å². The molecule has 0 fully saturated rings. The third kappa shape index (κ3) is 1.95. The second-order valence-corrected chi connectivity index (χ2v) is 6.03. The average Bonchev–Trinajstić information content (AvgIpc) is 2.76. The van der Waals surface area contributed by atoms with Crippen LogP contribution in [-0.4, -0.2) is 24.8 Å². The van der Waals surface area contributed by atoms with Gasteiger partial charge in [0.1, 0.15) is 5.75 Å². The molecule has 0 aromatic heterocycles. The Bertz CT molecular complexity index is 564. The fraction of sp³-hybridized carbons (Fsp3) is 0.562. The van der Waals surface area contributed by atoms with Gasteiger partial charge < -0.3 is 14.2 Å². The van der Waals surface area contributed by atoms with E-state index in [1.54, 1.807) is 7.11 Å². The zero-order valence-electron chi connectivity index (χ0n) is 12.4. The van der Waals surface area contributed by atoms with Crippen molar-refractivity contribution in [3.63, 3.8) is 0 Å². The molecule has 20 heavy (non-hydrogen) atoms. The predicted octanol–water partition coefficient (Wildman–Crippen LogP) is 2.72. The summed E-state index contributed by atoms with van der Waals surface area (Å²) in [7, 11) is 1.65. The van der Waals surface area contributed by atoms with Gasteiger partial charge in [0.05, 0.1) is 12.2 Å². The molecule has 3 rings (SSSR count). The van der Waals surface area contributed by atoms with Gasteiger partial charge in [-0.1, -0.05) is 19.9 Å². The second kappa shape index (κ2) is 4.57. The highest BCUT2D eigenvalue weighted by Crippen LogP contribution is 2.41. The smallest absolute Gasteiger partial charge is 0.207 e. The van der Waals surface area contributed by atoms with Crippen LogP contribution in [0.4, 0.5) is 0 Å². The number of methoxy groups -OCH3 is 1. The molecule has 0 radical (unpaired) electrons. The maximum absolute atomic E-state index is 12.3. The highest BCUT2D eigenvalue weighted by atomic mass is 16.7. The number of carbonyl (C=O) groups is 1. The van der Waals surface area contributed by atoms with E-state index in [1.165, 1.54) is 0 Å². The third-order valence-corrected chi connectivity index (χ3v) is 4.20. The van der Waals surface area contributed by atoms with Crippen molar-refractivity contribution < 1.29 is 19.0 Å². The molecule has 0 bridgehead atoms. The molecule has 2 aliphatic rings. The zero-order valence-corrected chi connectivity index (χ0v) is 12.4. The summed E-state index contributed by atoms with van der Waals surface area (Å²) in [5, 5.41) is 0. The first-order valence-corrected chi connectivity index (χ1v) is 7.00. The molecule has 0 amide bonds. The van der Waals surface area contributed by atoms with Crippen molar-refractivity contribution in [2.75, 3.05) is 7.11 Å². The van der Waals surface area contributed by atoms with Crippen LogP contribution >= 0.6 is 0 Å². The quantitative estimate of drug-likeness (QED) is 0.833. The monoisotopic (exact) mass is 276 g/mol. The topological polar surface area (TPSA) is 44.8 Å². The van der Waals surface area contributed by atoms with Crippen molar-refractivity contribution in [1.29, 1.82) is 0 Å². The molecule has 2 aliphatic heterocycles. The summed E-state index contributed by atoms with van der Waals surface area (Å²) in [6.45, 7) is 6.34. The molecule has 2 atom stereocenters. The van der Waals surface area contributed by atoms with E-state index in [-0.39, 0.29) is 17.8 Å². The van der Waals surface area contributed by atoms with E-state index in [4.69, 9.17) is 14.2 Å². The van der Waals surface area contributed by atoms with E-state index in [1.807, 2.05) is 32.9 Å². The molecule has 4 heteroatoms. The van der Waals surface area contributed by atoms with Gasteiger partial charge in [-0.15, -0.1) is 0 Å². The summed E-state index contributed by atoms with van der Waals surface area (Å²) in [6.07, 6.45) is 0.294. The van der Waals surface area contributed by atoms with Gasteiger partial charge in [-0.3, -0.25) is 4.79 Å². The van der Waals surface area contributed by atoms with Gasteiger partial charge in [-0.2, -0.15) is 0 Å². The number of carbonyl (C=O) groups excluding carboxylic acids is 1. The number of Topliss-reactive ketones (excluding diaryl/α,β-unsaturated/α-hetero) is 1. The largest absolute Gasteiger partial charge is 0.481 e. The first-order valence-electron chi connectivity index (χ1n) is 7.00. The highest BCUT2D eigenvalue weighted by molar-refractivity contribution is 6.05. The van der Waals surface area contributed by atoms with E-state index < -0.39 is 5.79 Å². The van der Waals surface area contributed by atoms with E-state index in [0.717, 1.165) is 11.1 Å². The van der Waals surface area contributed by atoms with Gasteiger partial charge in [-0.25, -0.2) is 0 Å². The zero-order chi connectivity index (χ0) is 14.5. The number of ketones is 1. The SMILES string of the molecule is COC1(C)Cc2ccc3c(c2CO1)O[C@@H](C(C)C)C3=O. The number of fused-ring (bicyclic) bond motifs is 3. The van der Waals surface area contributed by atoms with Gasteiger partial charge >= 0.3 is 0 Å². The van der Waals surface area contributed by atoms with Gasteiger partial charge in [-0.05, 0) is 24.5 Å². The van der Waals surface area contributed by atoms with E-state index in [2.05, 4.69) is 0 Å². The number of hydrogen-bond acceptors (Lipinski definition) is 4. The summed E-state index contributed by atoms with van der Waals surface area (Å²) in [5.74, 6) is 0.364. The van der Waals surface area contributed by atoms with Crippen LogP contribution in [0.3, 0.4) is 0 Å². The van der Waals surface area contributed by atoms with Crippen LogP contribution in [-0.2, 0) is 22.5 Å². The Kier molecular flexibility index (Phi) is 3.10. The van der Waals surface area contributed by atoms with Crippen molar-refractivity contribution in [2.45, 2.75) is 45.7 Å². The first-order chi connectivity index (χ1) is 9.45. The van der Waals surface area contributed by atoms with Gasteiger partial charge in [0.15, 0.2) is 11.9 Å². The molecular weight excluding hydrogens is 256 g/mol. The normalized spacial score (nSPS) is 28.2. The molecule has 4 nitrogen and oxygen atoms in total. The van der Waals surface area contributed by atoms with Crippen LogP contribution < -0.4 is 4.74 Å². The Morgan fingerprint density at radius 2 is 2.15 bits per heavy atom. The molecule has 1 aromatic rings. The maximum atomic E-state index is 12.3. The van der Waals surface area contributed by atoms with Crippen LogP contribution in [0.5, 0.6) is 5.75 Å². The van der Waals surface area contributed by atoms with Crippen LogP contribution in [0.2, 0.25) is 0 Å². The Labute approximate surface area is 119 Å². The van der Waals surface area contributed by atoms with Crippen LogP contribution in [0.25, 0.3) is 0 Å². The fourth-order valence-electron chi connectivity index (χ4n) is 2.85. The van der Waals surface area contributed by atoms with Crippen LogP contribution in [0.15, 0.2) is 12.1 Å². The van der Waals surface area contributed by atoms with Crippen LogP contribution in [0.1, 0.15) is 42.3 Å². The summed E-state index contributed by atoms with van der Waals surface area (Å²) in [5.41, 5.74) is 2.82. The lowest BCUT2D eigenvalue weighted by Crippen LogP contribution is -2.37. The highest BCUT2D eigenvalue weighted by Gasteiger charge is 2.40. The Balaban J connectivity index is 2.00. The summed E-state index contributed by atoms with van der Waals surface area (Å²) in [6, 6.07) is 3.87. The standard InChI is InChI=1S/C16H20O4/c1-9(2)14-13(17)11-6-5-10-7-16(3,18-4)19-8-12(10)15(11)20-14/h5-6,9,14H,7-8H2,1-4H3/t14-,16?/m0/s1.